The van der Waals surface area contributed by atoms with E-state index in [0.29, 0.717) is 4.88 Å². The van der Waals surface area contributed by atoms with Crippen LogP contribution in [-0.4, -0.2) is 33.0 Å². The molecule has 0 saturated heterocycles. The Balaban J connectivity index is 1.40. The number of carbonyl (C=O) groups is 2. The highest BCUT2D eigenvalue weighted by molar-refractivity contribution is 7.14. The van der Waals surface area contributed by atoms with Crippen LogP contribution in [-0.2, 0) is 0 Å². The second-order valence-electron chi connectivity index (χ2n) is 6.23. The van der Waals surface area contributed by atoms with E-state index in [2.05, 4.69) is 25.8 Å². The van der Waals surface area contributed by atoms with Gasteiger partial charge >= 0.3 is 0 Å². The molecule has 134 valence electrons. The lowest BCUT2D eigenvalue weighted by molar-refractivity contribution is 0.0953. The minimum Gasteiger partial charge on any atom is -0.348 e. The summed E-state index contributed by atoms with van der Waals surface area (Å²) < 4.78 is 0. The van der Waals surface area contributed by atoms with Crippen molar-refractivity contribution in [2.45, 2.75) is 32.2 Å². The minimum absolute atomic E-state index is 0.0222. The third kappa shape index (κ3) is 3.40. The zero-order valence-electron chi connectivity index (χ0n) is 14.2. The monoisotopic (exact) mass is 387 g/mol. The Morgan fingerprint density at radius 2 is 2.04 bits per heavy atom. The Hall–Kier alpha value is -2.52. The molecule has 0 radical (unpaired) electrons. The van der Waals surface area contributed by atoms with E-state index in [1.54, 1.807) is 0 Å². The van der Waals surface area contributed by atoms with E-state index < -0.39 is 0 Å². The van der Waals surface area contributed by atoms with E-state index in [-0.39, 0.29) is 29.7 Å². The number of aromatic amines is 1. The van der Waals surface area contributed by atoms with Crippen molar-refractivity contribution in [2.75, 3.05) is 5.32 Å². The quantitative estimate of drug-likeness (QED) is 0.626. The van der Waals surface area contributed by atoms with Gasteiger partial charge in [-0.15, -0.1) is 27.8 Å². The highest BCUT2D eigenvalue weighted by atomic mass is 32.1. The summed E-state index contributed by atoms with van der Waals surface area (Å²) in [5, 5.41) is 12.1. The van der Waals surface area contributed by atoms with Crippen LogP contribution in [0.3, 0.4) is 0 Å². The van der Waals surface area contributed by atoms with E-state index in [9.17, 15) is 9.59 Å². The average Bonchev–Trinajstić information content (AvgIpc) is 3.02. The predicted molar refractivity (Wildman–Crippen MR) is 101 cm³/mol. The fourth-order valence-corrected chi connectivity index (χ4v) is 4.66. The number of hydrogen-bond acceptors (Lipinski definition) is 6. The van der Waals surface area contributed by atoms with Gasteiger partial charge in [0.1, 0.15) is 6.33 Å². The van der Waals surface area contributed by atoms with Gasteiger partial charge in [-0.3, -0.25) is 20.0 Å². The number of anilines is 1. The minimum atomic E-state index is -0.223. The number of carbonyl (C=O) groups excluding carboxylic acids is 2. The molecule has 4 rings (SSSR count). The number of amides is 2. The number of rotatable bonds is 5. The average molecular weight is 387 g/mol. The molecule has 26 heavy (non-hydrogen) atoms. The molecule has 3 aromatic heterocycles. The van der Waals surface area contributed by atoms with Crippen LogP contribution < -0.4 is 10.6 Å². The van der Waals surface area contributed by atoms with Gasteiger partial charge in [0.05, 0.1) is 9.75 Å². The molecule has 1 saturated carbocycles. The molecular formula is C17H17N5O2S2. The van der Waals surface area contributed by atoms with Crippen molar-refractivity contribution >= 4 is 40.4 Å². The third-order valence-corrected chi connectivity index (χ3v) is 6.36. The van der Waals surface area contributed by atoms with E-state index in [0.717, 1.165) is 26.6 Å². The lowest BCUT2D eigenvalue weighted by Gasteiger charge is -2.02. The second-order valence-corrected chi connectivity index (χ2v) is 8.78. The standard InChI is InChI=1S/C17H17N5O2S2/c1-8-3-4-13(25-8)15(23)20-12-5-11(12)10-6-14(26-9(10)2)16(24)21-17-18-7-19-22-17/h3-4,6-7,11-12H,5H2,1-2H3,(H,20,23)(H2,18,19,21,22,24). The maximum atomic E-state index is 12.3. The fraction of sp³-hybridized carbons (Fsp3) is 0.294. The van der Waals surface area contributed by atoms with Crippen LogP contribution in [0.15, 0.2) is 24.5 Å². The number of thiophene rings is 2. The number of aryl methyl sites for hydroxylation is 2. The summed E-state index contributed by atoms with van der Waals surface area (Å²) >= 11 is 2.94. The molecule has 0 bridgehead atoms. The van der Waals surface area contributed by atoms with Gasteiger partial charge in [0.2, 0.25) is 5.95 Å². The van der Waals surface area contributed by atoms with Gasteiger partial charge < -0.3 is 5.32 Å². The zero-order chi connectivity index (χ0) is 18.3. The Morgan fingerprint density at radius 3 is 2.73 bits per heavy atom. The first-order valence-corrected chi connectivity index (χ1v) is 9.79. The molecule has 2 unspecified atom stereocenters. The van der Waals surface area contributed by atoms with Crippen LogP contribution in [0, 0.1) is 13.8 Å². The normalized spacial score (nSPS) is 18.5. The maximum absolute atomic E-state index is 12.3. The molecule has 0 aliphatic heterocycles. The van der Waals surface area contributed by atoms with Crippen LogP contribution in [0.5, 0.6) is 0 Å². The van der Waals surface area contributed by atoms with Crippen LogP contribution in [0.1, 0.15) is 47.0 Å². The van der Waals surface area contributed by atoms with E-state index in [1.807, 2.05) is 32.0 Å². The molecule has 2 amide bonds. The Kier molecular flexibility index (Phi) is 4.33. The number of hydrogen-bond donors (Lipinski definition) is 3. The fourth-order valence-electron chi connectivity index (χ4n) is 2.90. The first-order valence-electron chi connectivity index (χ1n) is 8.16. The summed E-state index contributed by atoms with van der Waals surface area (Å²) in [6.45, 7) is 3.99. The summed E-state index contributed by atoms with van der Waals surface area (Å²) in [6.07, 6.45) is 2.31. The number of nitrogens with one attached hydrogen (secondary N) is 3. The summed E-state index contributed by atoms with van der Waals surface area (Å²) in [5.41, 5.74) is 1.13. The highest BCUT2D eigenvalue weighted by Crippen LogP contribution is 2.44. The molecule has 7 nitrogen and oxygen atoms in total. The van der Waals surface area contributed by atoms with Crippen molar-refractivity contribution in [1.29, 1.82) is 0 Å². The van der Waals surface area contributed by atoms with Gasteiger partial charge in [-0.1, -0.05) is 0 Å². The number of H-pyrrole nitrogens is 1. The topological polar surface area (TPSA) is 99.8 Å². The first kappa shape index (κ1) is 16.9. The SMILES string of the molecule is Cc1ccc(C(=O)NC2CC2c2cc(C(=O)Nc3nc[nH]n3)sc2C)s1. The number of aromatic nitrogens is 3. The molecular weight excluding hydrogens is 370 g/mol. The molecule has 1 aliphatic rings. The van der Waals surface area contributed by atoms with Crippen molar-refractivity contribution in [3.05, 3.63) is 49.6 Å². The smallest absolute Gasteiger partial charge is 0.268 e. The summed E-state index contributed by atoms with van der Waals surface area (Å²) in [7, 11) is 0. The van der Waals surface area contributed by atoms with Crippen molar-refractivity contribution in [3.63, 3.8) is 0 Å². The molecule has 3 heterocycles. The molecule has 1 fully saturated rings. The predicted octanol–water partition coefficient (Wildman–Crippen LogP) is 3.08. The van der Waals surface area contributed by atoms with Crippen molar-refractivity contribution in [1.82, 2.24) is 20.5 Å². The summed E-state index contributed by atoms with van der Waals surface area (Å²) in [6, 6.07) is 5.84. The highest BCUT2D eigenvalue weighted by Gasteiger charge is 2.41. The molecule has 0 aromatic carbocycles. The zero-order valence-corrected chi connectivity index (χ0v) is 15.8. The second kappa shape index (κ2) is 6.65. The summed E-state index contributed by atoms with van der Waals surface area (Å²) in [5.74, 6) is 0.275. The van der Waals surface area contributed by atoms with Crippen LogP contribution in [0.2, 0.25) is 0 Å². The molecule has 3 N–H and O–H groups in total. The number of nitrogens with zero attached hydrogens (tertiary/aromatic N) is 2. The Bertz CT molecular complexity index is 960. The van der Waals surface area contributed by atoms with Gasteiger partial charge in [0.25, 0.3) is 11.8 Å². The summed E-state index contributed by atoms with van der Waals surface area (Å²) in [4.78, 5) is 32.1. The van der Waals surface area contributed by atoms with Gasteiger partial charge in [-0.2, -0.15) is 0 Å². The first-order chi connectivity index (χ1) is 12.5. The van der Waals surface area contributed by atoms with E-state index in [1.165, 1.54) is 29.0 Å². The van der Waals surface area contributed by atoms with Crippen LogP contribution in [0.25, 0.3) is 0 Å². The lowest BCUT2D eigenvalue weighted by Crippen LogP contribution is -2.25. The van der Waals surface area contributed by atoms with Gasteiger partial charge in [0.15, 0.2) is 0 Å². The molecule has 1 aliphatic carbocycles. The van der Waals surface area contributed by atoms with Crippen molar-refractivity contribution < 1.29 is 9.59 Å². The Labute approximate surface area is 157 Å². The molecule has 9 heteroatoms. The largest absolute Gasteiger partial charge is 0.348 e. The third-order valence-electron chi connectivity index (χ3n) is 4.29. The van der Waals surface area contributed by atoms with E-state index in [4.69, 9.17) is 0 Å². The van der Waals surface area contributed by atoms with Crippen molar-refractivity contribution in [3.8, 4) is 0 Å². The molecule has 0 spiro atoms. The van der Waals surface area contributed by atoms with Gasteiger partial charge in [-0.05, 0) is 44.0 Å². The van der Waals surface area contributed by atoms with Crippen LogP contribution in [0.4, 0.5) is 5.95 Å². The molecule has 3 aromatic rings. The lowest BCUT2D eigenvalue weighted by atomic mass is 10.1. The van der Waals surface area contributed by atoms with Crippen LogP contribution >= 0.6 is 22.7 Å². The maximum Gasteiger partial charge on any atom is 0.268 e. The van der Waals surface area contributed by atoms with E-state index >= 15 is 0 Å². The Morgan fingerprint density at radius 1 is 1.19 bits per heavy atom. The van der Waals surface area contributed by atoms with Gasteiger partial charge in [0, 0.05) is 21.7 Å². The molecule has 2 atom stereocenters. The van der Waals surface area contributed by atoms with Crippen molar-refractivity contribution in [2.24, 2.45) is 0 Å². The van der Waals surface area contributed by atoms with Gasteiger partial charge in [-0.25, -0.2) is 4.98 Å².